The highest BCUT2D eigenvalue weighted by Crippen LogP contribution is 2.32. The Morgan fingerprint density at radius 2 is 2.16 bits per heavy atom. The van der Waals surface area contributed by atoms with Gasteiger partial charge >= 0.3 is 6.18 Å². The minimum Gasteiger partial charge on any atom is -0.384 e. The van der Waals surface area contributed by atoms with Crippen LogP contribution in [-0.4, -0.2) is 23.9 Å². The van der Waals surface area contributed by atoms with Crippen LogP contribution in [0.1, 0.15) is 24.6 Å². The van der Waals surface area contributed by atoms with Crippen LogP contribution in [0.4, 0.5) is 19.0 Å². The lowest BCUT2D eigenvalue weighted by Gasteiger charge is -2.21. The highest BCUT2D eigenvalue weighted by atomic mass is 19.4. The van der Waals surface area contributed by atoms with Crippen molar-refractivity contribution in [2.45, 2.75) is 19.5 Å². The van der Waals surface area contributed by atoms with Crippen LogP contribution in [0.25, 0.3) is 0 Å². The fourth-order valence-electron chi connectivity index (χ4n) is 2.18. The van der Waals surface area contributed by atoms with E-state index in [9.17, 15) is 13.2 Å². The molecule has 0 aromatic carbocycles. The molecule has 0 bridgehead atoms. The van der Waals surface area contributed by atoms with Crippen molar-refractivity contribution in [1.82, 2.24) is 4.98 Å². The number of pyridine rings is 1. The van der Waals surface area contributed by atoms with E-state index in [4.69, 9.17) is 11.1 Å². The van der Waals surface area contributed by atoms with Gasteiger partial charge in [-0.25, -0.2) is 4.98 Å². The minimum absolute atomic E-state index is 0.159. The van der Waals surface area contributed by atoms with Crippen LogP contribution >= 0.6 is 0 Å². The molecule has 2 heterocycles. The highest BCUT2D eigenvalue weighted by Gasteiger charge is 2.34. The van der Waals surface area contributed by atoms with Gasteiger partial charge in [-0.15, -0.1) is 0 Å². The zero-order valence-corrected chi connectivity index (χ0v) is 10.5. The summed E-state index contributed by atoms with van der Waals surface area (Å²) >= 11 is 0. The van der Waals surface area contributed by atoms with Crippen molar-refractivity contribution in [2.75, 3.05) is 18.0 Å². The van der Waals surface area contributed by atoms with Crippen molar-refractivity contribution in [2.24, 2.45) is 11.7 Å². The molecule has 1 aromatic rings. The maximum absolute atomic E-state index is 12.7. The molecule has 0 amide bonds. The number of nitrogen functional groups attached to an aromatic ring is 1. The highest BCUT2D eigenvalue weighted by molar-refractivity contribution is 5.99. The Kier molecular flexibility index (Phi) is 3.38. The van der Waals surface area contributed by atoms with Gasteiger partial charge in [-0.1, -0.05) is 6.92 Å². The van der Waals surface area contributed by atoms with Gasteiger partial charge in [-0.05, 0) is 24.5 Å². The predicted octanol–water partition coefficient (Wildman–Crippen LogP) is 2.23. The second-order valence-corrected chi connectivity index (χ2v) is 4.82. The number of anilines is 1. The van der Waals surface area contributed by atoms with E-state index in [0.717, 1.165) is 12.5 Å². The molecule has 1 aliphatic rings. The summed E-state index contributed by atoms with van der Waals surface area (Å²) in [7, 11) is 0. The monoisotopic (exact) mass is 272 g/mol. The molecule has 3 N–H and O–H groups in total. The molecule has 4 nitrogen and oxygen atoms in total. The van der Waals surface area contributed by atoms with Crippen molar-refractivity contribution < 1.29 is 13.2 Å². The maximum Gasteiger partial charge on any atom is 0.433 e. The second-order valence-electron chi connectivity index (χ2n) is 4.82. The zero-order valence-electron chi connectivity index (χ0n) is 10.5. The largest absolute Gasteiger partial charge is 0.433 e. The molecule has 1 fully saturated rings. The Morgan fingerprint density at radius 3 is 2.63 bits per heavy atom. The third-order valence-corrected chi connectivity index (χ3v) is 3.18. The third kappa shape index (κ3) is 2.80. The van der Waals surface area contributed by atoms with Crippen LogP contribution in [0.2, 0.25) is 0 Å². The van der Waals surface area contributed by atoms with E-state index in [1.165, 1.54) is 6.07 Å². The van der Waals surface area contributed by atoms with Gasteiger partial charge in [0, 0.05) is 13.1 Å². The van der Waals surface area contributed by atoms with Crippen LogP contribution in [0.5, 0.6) is 0 Å². The Bertz CT molecular complexity index is 498. The molecule has 0 aliphatic carbocycles. The van der Waals surface area contributed by atoms with Crippen LogP contribution in [0.3, 0.4) is 0 Å². The molecule has 0 saturated carbocycles. The van der Waals surface area contributed by atoms with E-state index >= 15 is 0 Å². The van der Waals surface area contributed by atoms with Gasteiger partial charge in [0.05, 0.1) is 5.56 Å². The van der Waals surface area contributed by atoms with Gasteiger partial charge in [0.25, 0.3) is 0 Å². The number of amidine groups is 1. The summed E-state index contributed by atoms with van der Waals surface area (Å²) in [5, 5.41) is 7.45. The van der Waals surface area contributed by atoms with Crippen molar-refractivity contribution in [3.05, 3.63) is 23.4 Å². The average molecular weight is 272 g/mol. The number of aromatic nitrogens is 1. The molecule has 1 saturated heterocycles. The Morgan fingerprint density at radius 1 is 1.47 bits per heavy atom. The summed E-state index contributed by atoms with van der Waals surface area (Å²) in [6, 6.07) is 2.08. The summed E-state index contributed by atoms with van der Waals surface area (Å²) in [6.45, 7) is 3.30. The van der Waals surface area contributed by atoms with E-state index in [1.807, 2.05) is 6.92 Å². The van der Waals surface area contributed by atoms with E-state index in [-0.39, 0.29) is 17.2 Å². The van der Waals surface area contributed by atoms with Gasteiger partial charge in [0.1, 0.15) is 17.3 Å². The van der Waals surface area contributed by atoms with E-state index in [2.05, 4.69) is 4.98 Å². The molecule has 1 unspecified atom stereocenters. The quantitative estimate of drug-likeness (QED) is 0.641. The molecule has 104 valence electrons. The Balaban J connectivity index is 2.45. The van der Waals surface area contributed by atoms with Gasteiger partial charge < -0.3 is 10.6 Å². The Hall–Kier alpha value is -1.79. The molecular weight excluding hydrogens is 257 g/mol. The molecular formula is C12H15F3N4. The van der Waals surface area contributed by atoms with Crippen molar-refractivity contribution in [3.63, 3.8) is 0 Å². The lowest BCUT2D eigenvalue weighted by molar-refractivity contribution is -0.141. The molecule has 0 spiro atoms. The van der Waals surface area contributed by atoms with Crippen LogP contribution < -0.4 is 10.6 Å². The number of hydrogen-bond donors (Lipinski definition) is 2. The van der Waals surface area contributed by atoms with Gasteiger partial charge in [0.2, 0.25) is 0 Å². The van der Waals surface area contributed by atoms with E-state index in [1.54, 1.807) is 4.90 Å². The predicted molar refractivity (Wildman–Crippen MR) is 66.2 cm³/mol. The summed E-state index contributed by atoms with van der Waals surface area (Å²) in [6.07, 6.45) is -3.59. The van der Waals surface area contributed by atoms with Crippen LogP contribution in [-0.2, 0) is 6.18 Å². The van der Waals surface area contributed by atoms with Crippen molar-refractivity contribution in [1.29, 1.82) is 5.41 Å². The molecule has 2 rings (SSSR count). The molecule has 7 heteroatoms. The van der Waals surface area contributed by atoms with Crippen molar-refractivity contribution >= 4 is 11.7 Å². The van der Waals surface area contributed by atoms with Gasteiger partial charge in [-0.2, -0.15) is 13.2 Å². The first-order chi connectivity index (χ1) is 8.79. The lowest BCUT2D eigenvalue weighted by Crippen LogP contribution is -2.26. The minimum atomic E-state index is -4.49. The number of nitrogens with one attached hydrogen (secondary N) is 1. The number of alkyl halides is 3. The number of hydrogen-bond acceptors (Lipinski definition) is 3. The molecule has 0 radical (unpaired) electrons. The van der Waals surface area contributed by atoms with Crippen LogP contribution in [0.15, 0.2) is 12.1 Å². The molecule has 19 heavy (non-hydrogen) atoms. The average Bonchev–Trinajstić information content (AvgIpc) is 2.73. The van der Waals surface area contributed by atoms with E-state index in [0.29, 0.717) is 19.0 Å². The normalized spacial score (nSPS) is 19.8. The summed E-state index contributed by atoms with van der Waals surface area (Å²) in [5.74, 6) is 0.290. The number of halogens is 3. The third-order valence-electron chi connectivity index (χ3n) is 3.18. The summed E-state index contributed by atoms with van der Waals surface area (Å²) in [5.41, 5.74) is 4.71. The first kappa shape index (κ1) is 13.6. The fraction of sp³-hybridized carbons (Fsp3) is 0.500. The fourth-order valence-corrected chi connectivity index (χ4v) is 2.18. The second kappa shape index (κ2) is 4.71. The standard InChI is InChI=1S/C12H15F3N4/c1-7-4-5-19(6-7)11-8(10(16)17)2-3-9(18-11)12(13,14)15/h2-3,7H,4-6H2,1H3,(H3,16,17). The topological polar surface area (TPSA) is 66.0 Å². The number of nitrogens with zero attached hydrogens (tertiary/aromatic N) is 2. The molecule has 1 aromatic heterocycles. The molecule has 1 atom stereocenters. The van der Waals surface area contributed by atoms with Crippen molar-refractivity contribution in [3.8, 4) is 0 Å². The van der Waals surface area contributed by atoms with Gasteiger partial charge in [0.15, 0.2) is 0 Å². The van der Waals surface area contributed by atoms with Gasteiger partial charge in [-0.3, -0.25) is 5.41 Å². The number of nitrogens with two attached hydrogens (primary N) is 1. The lowest BCUT2D eigenvalue weighted by atomic mass is 10.2. The zero-order chi connectivity index (χ0) is 14.2. The smallest absolute Gasteiger partial charge is 0.384 e. The van der Waals surface area contributed by atoms with Crippen LogP contribution in [0, 0.1) is 11.3 Å². The SMILES string of the molecule is CC1CCN(c2nc(C(F)(F)F)ccc2C(=N)N)C1. The first-order valence-electron chi connectivity index (χ1n) is 5.96. The number of rotatable bonds is 2. The summed E-state index contributed by atoms with van der Waals surface area (Å²) in [4.78, 5) is 5.42. The summed E-state index contributed by atoms with van der Waals surface area (Å²) < 4.78 is 38.1. The first-order valence-corrected chi connectivity index (χ1v) is 5.96. The maximum atomic E-state index is 12.7. The van der Waals surface area contributed by atoms with E-state index < -0.39 is 11.9 Å². The molecule has 1 aliphatic heterocycles. The Labute approximate surface area is 108 Å².